The average molecular weight is 426 g/mol. The fourth-order valence-corrected chi connectivity index (χ4v) is 3.96. The fraction of sp³-hybridized carbons (Fsp3) is 0.182. The maximum atomic E-state index is 13.0. The van der Waals surface area contributed by atoms with E-state index in [0.717, 1.165) is 17.4 Å². The second kappa shape index (κ2) is 8.96. The van der Waals surface area contributed by atoms with Crippen LogP contribution in [0.1, 0.15) is 5.56 Å². The summed E-state index contributed by atoms with van der Waals surface area (Å²) >= 11 is 0. The molecule has 1 heterocycles. The number of nitrogens with zero attached hydrogens (tertiary/aromatic N) is 2. The highest BCUT2D eigenvalue weighted by atomic mass is 32.2. The van der Waals surface area contributed by atoms with Crippen LogP contribution in [0, 0.1) is 0 Å². The number of benzene rings is 2. The molecule has 3 rings (SSSR count). The monoisotopic (exact) mass is 426 g/mol. The lowest BCUT2D eigenvalue weighted by Crippen LogP contribution is -2.37. The predicted molar refractivity (Wildman–Crippen MR) is 115 cm³/mol. The molecule has 0 N–H and O–H groups in total. The maximum Gasteiger partial charge on any atom is 0.245 e. The van der Waals surface area contributed by atoms with E-state index in [0.29, 0.717) is 9.87 Å². The van der Waals surface area contributed by atoms with Crippen molar-refractivity contribution in [1.82, 2.24) is 4.98 Å². The number of aromatic nitrogens is 1. The van der Waals surface area contributed by atoms with Crippen LogP contribution in [0.15, 0.2) is 66.7 Å². The van der Waals surface area contributed by atoms with E-state index in [4.69, 9.17) is 9.47 Å². The van der Waals surface area contributed by atoms with Crippen molar-refractivity contribution in [2.24, 2.45) is 0 Å². The molecule has 0 fully saturated rings. The Labute approximate surface area is 175 Å². The Morgan fingerprint density at radius 3 is 2.10 bits per heavy atom. The fourth-order valence-electron chi connectivity index (χ4n) is 3.02. The zero-order chi connectivity index (χ0) is 21.7. The number of rotatable bonds is 7. The number of anilines is 1. The molecule has 0 bridgehead atoms. The first-order valence-corrected chi connectivity index (χ1v) is 10.9. The van der Waals surface area contributed by atoms with Crippen molar-refractivity contribution in [1.29, 1.82) is 0 Å². The number of hydrogen-bond acceptors (Lipinski definition) is 6. The zero-order valence-corrected chi connectivity index (χ0v) is 17.7. The van der Waals surface area contributed by atoms with Crippen LogP contribution >= 0.6 is 0 Å². The van der Waals surface area contributed by atoms with E-state index < -0.39 is 15.9 Å². The van der Waals surface area contributed by atoms with Crippen molar-refractivity contribution in [2.75, 3.05) is 24.8 Å². The molecule has 0 aliphatic heterocycles. The molecule has 8 heteroatoms. The third-order valence-corrected chi connectivity index (χ3v) is 5.47. The van der Waals surface area contributed by atoms with Crippen molar-refractivity contribution in [3.63, 3.8) is 0 Å². The van der Waals surface area contributed by atoms with Gasteiger partial charge in [-0.05, 0) is 22.8 Å². The minimum atomic E-state index is -3.92. The van der Waals surface area contributed by atoms with Crippen molar-refractivity contribution in [2.45, 2.75) is 6.42 Å². The quantitative estimate of drug-likeness (QED) is 0.576. The van der Waals surface area contributed by atoms with Crippen molar-refractivity contribution >= 4 is 21.6 Å². The molecule has 0 unspecified atom stereocenters. The molecule has 0 aliphatic rings. The van der Waals surface area contributed by atoms with Gasteiger partial charge < -0.3 is 9.47 Å². The lowest BCUT2D eigenvalue weighted by Gasteiger charge is -2.22. The molecule has 2 aromatic carbocycles. The van der Waals surface area contributed by atoms with Crippen LogP contribution in [-0.4, -0.2) is 39.8 Å². The summed E-state index contributed by atoms with van der Waals surface area (Å²) in [5.74, 6) is -0.393. The molecule has 7 nitrogen and oxygen atoms in total. The molecule has 1 amide bonds. The lowest BCUT2D eigenvalue weighted by atomic mass is 10.0. The summed E-state index contributed by atoms with van der Waals surface area (Å²) in [4.78, 5) is 17.0. The second-order valence-electron chi connectivity index (χ2n) is 6.54. The molecule has 156 valence electrons. The van der Waals surface area contributed by atoms with Gasteiger partial charge in [0.25, 0.3) is 0 Å². The number of carbonyl (C=O) groups excluding carboxylic acids is 1. The molecule has 0 aliphatic carbocycles. The number of carbonyl (C=O) groups is 1. The SMILES string of the molecule is COc1ccc(N(C(=O)Cc2ccc(-c3ccccc3)cc2)S(C)(=O)=O)c(OC)n1. The topological polar surface area (TPSA) is 85.8 Å². The van der Waals surface area contributed by atoms with Crippen molar-refractivity contribution in [3.8, 4) is 22.9 Å². The van der Waals surface area contributed by atoms with Gasteiger partial charge in [0.05, 0.1) is 26.9 Å². The first-order valence-electron chi connectivity index (χ1n) is 9.10. The number of methoxy groups -OCH3 is 2. The van der Waals surface area contributed by atoms with Gasteiger partial charge in [-0.2, -0.15) is 4.98 Å². The van der Waals surface area contributed by atoms with Gasteiger partial charge in [0.1, 0.15) is 5.69 Å². The van der Waals surface area contributed by atoms with Crippen LogP contribution in [0.2, 0.25) is 0 Å². The molecule has 0 spiro atoms. The Kier molecular flexibility index (Phi) is 6.37. The summed E-state index contributed by atoms with van der Waals surface area (Å²) in [6, 6.07) is 20.2. The molecule has 0 radical (unpaired) electrons. The second-order valence-corrected chi connectivity index (χ2v) is 8.37. The van der Waals surface area contributed by atoms with Gasteiger partial charge in [-0.15, -0.1) is 0 Å². The number of ether oxygens (including phenoxy) is 2. The van der Waals surface area contributed by atoms with E-state index >= 15 is 0 Å². The molecule has 3 aromatic rings. The van der Waals surface area contributed by atoms with Gasteiger partial charge in [-0.3, -0.25) is 4.79 Å². The first-order chi connectivity index (χ1) is 14.3. The highest BCUT2D eigenvalue weighted by Gasteiger charge is 2.29. The third-order valence-electron chi connectivity index (χ3n) is 4.41. The van der Waals surface area contributed by atoms with Gasteiger partial charge in [-0.1, -0.05) is 54.6 Å². The van der Waals surface area contributed by atoms with Crippen molar-refractivity contribution in [3.05, 3.63) is 72.3 Å². The van der Waals surface area contributed by atoms with Crippen LogP contribution in [0.5, 0.6) is 11.8 Å². The summed E-state index contributed by atoms with van der Waals surface area (Å²) in [7, 11) is -1.14. The molecule has 0 saturated carbocycles. The Morgan fingerprint density at radius 2 is 1.53 bits per heavy atom. The minimum Gasteiger partial charge on any atom is -0.481 e. The van der Waals surface area contributed by atoms with E-state index in [1.165, 1.54) is 26.4 Å². The molecule has 1 aromatic heterocycles. The van der Waals surface area contributed by atoms with E-state index in [-0.39, 0.29) is 23.9 Å². The van der Waals surface area contributed by atoms with Gasteiger partial charge in [-0.25, -0.2) is 12.7 Å². The lowest BCUT2D eigenvalue weighted by molar-refractivity contribution is -0.116. The standard InChI is InChI=1S/C22H22N2O5S/c1-28-20-14-13-19(22(23-20)29-2)24(30(3,26)27)21(25)15-16-9-11-18(12-10-16)17-7-5-4-6-8-17/h4-14H,15H2,1-3H3. The van der Waals surface area contributed by atoms with E-state index in [1.807, 2.05) is 54.6 Å². The zero-order valence-electron chi connectivity index (χ0n) is 16.9. The Hall–Kier alpha value is -3.39. The Bertz CT molecular complexity index is 1130. The summed E-state index contributed by atoms with van der Waals surface area (Å²) in [6.07, 6.45) is 0.865. The predicted octanol–water partition coefficient (Wildman–Crippen LogP) is 3.30. The van der Waals surface area contributed by atoms with Gasteiger partial charge in [0.15, 0.2) is 0 Å². The molecule has 0 atom stereocenters. The van der Waals surface area contributed by atoms with Gasteiger partial charge in [0.2, 0.25) is 27.7 Å². The average Bonchev–Trinajstić information content (AvgIpc) is 2.74. The number of amides is 1. The van der Waals surface area contributed by atoms with Gasteiger partial charge >= 0.3 is 0 Å². The highest BCUT2D eigenvalue weighted by molar-refractivity contribution is 7.92. The minimum absolute atomic E-state index is 0.0208. The van der Waals surface area contributed by atoms with E-state index in [2.05, 4.69) is 4.98 Å². The summed E-state index contributed by atoms with van der Waals surface area (Å²) in [5.41, 5.74) is 2.79. The first kappa shape index (κ1) is 21.3. The summed E-state index contributed by atoms with van der Waals surface area (Å²) < 4.78 is 35.8. The molecule has 0 saturated heterocycles. The van der Waals surface area contributed by atoms with Crippen LogP contribution in [0.3, 0.4) is 0 Å². The van der Waals surface area contributed by atoms with Crippen LogP contribution in [-0.2, 0) is 21.2 Å². The number of pyridine rings is 1. The van der Waals surface area contributed by atoms with Crippen LogP contribution < -0.4 is 13.8 Å². The Morgan fingerprint density at radius 1 is 0.900 bits per heavy atom. The smallest absolute Gasteiger partial charge is 0.245 e. The molecular weight excluding hydrogens is 404 g/mol. The van der Waals surface area contributed by atoms with Crippen LogP contribution in [0.25, 0.3) is 11.1 Å². The van der Waals surface area contributed by atoms with Crippen LogP contribution in [0.4, 0.5) is 5.69 Å². The largest absolute Gasteiger partial charge is 0.481 e. The molecule has 30 heavy (non-hydrogen) atoms. The summed E-state index contributed by atoms with van der Waals surface area (Å²) in [6.45, 7) is 0. The molecular formula is C22H22N2O5S. The number of hydrogen-bond donors (Lipinski definition) is 0. The normalized spacial score (nSPS) is 11.0. The van der Waals surface area contributed by atoms with E-state index in [9.17, 15) is 13.2 Å². The van der Waals surface area contributed by atoms with Crippen molar-refractivity contribution < 1.29 is 22.7 Å². The summed E-state index contributed by atoms with van der Waals surface area (Å²) in [5, 5.41) is 0. The Balaban J connectivity index is 1.89. The number of sulfonamides is 1. The third kappa shape index (κ3) is 4.77. The van der Waals surface area contributed by atoms with Gasteiger partial charge in [0, 0.05) is 6.07 Å². The maximum absolute atomic E-state index is 13.0. The van der Waals surface area contributed by atoms with E-state index in [1.54, 1.807) is 0 Å². The highest BCUT2D eigenvalue weighted by Crippen LogP contribution is 2.31.